The van der Waals surface area contributed by atoms with Crippen LogP contribution in [0.3, 0.4) is 0 Å². The van der Waals surface area contributed by atoms with Crippen LogP contribution in [0.4, 0.5) is 13.2 Å². The molecular formula is C28H28F3N3O4S. The number of aromatic nitrogens is 2. The van der Waals surface area contributed by atoms with Gasteiger partial charge in [0.25, 0.3) is 5.91 Å². The minimum absolute atomic E-state index is 0.0646. The summed E-state index contributed by atoms with van der Waals surface area (Å²) < 4.78 is 64.8. The molecule has 0 fully saturated rings. The number of carbonyl (C=O) groups excluding carboxylic acids is 1. The molecule has 0 spiro atoms. The van der Waals surface area contributed by atoms with Crippen LogP contribution in [0.1, 0.15) is 52.8 Å². The Morgan fingerprint density at radius 2 is 1.77 bits per heavy atom. The van der Waals surface area contributed by atoms with Crippen LogP contribution in [-0.2, 0) is 29.0 Å². The lowest BCUT2D eigenvalue weighted by Gasteiger charge is -2.16. The van der Waals surface area contributed by atoms with Gasteiger partial charge in [0.1, 0.15) is 0 Å². The molecule has 0 aliphatic rings. The summed E-state index contributed by atoms with van der Waals surface area (Å²) in [6.07, 6.45) is -2.76. The maximum atomic E-state index is 13.0. The van der Waals surface area contributed by atoms with Gasteiger partial charge < -0.3 is 15.0 Å². The Bertz CT molecular complexity index is 1580. The number of amides is 1. The summed E-state index contributed by atoms with van der Waals surface area (Å²) in [5.41, 5.74) is 2.47. The van der Waals surface area contributed by atoms with E-state index in [1.807, 2.05) is 17.6 Å². The van der Waals surface area contributed by atoms with Gasteiger partial charge in [-0.15, -0.1) is 0 Å². The van der Waals surface area contributed by atoms with E-state index in [0.29, 0.717) is 24.2 Å². The summed E-state index contributed by atoms with van der Waals surface area (Å²) in [7, 11) is -3.43. The van der Waals surface area contributed by atoms with Gasteiger partial charge in [-0.25, -0.2) is 8.42 Å². The molecule has 1 atom stereocenters. The van der Waals surface area contributed by atoms with Crippen LogP contribution in [0.25, 0.3) is 10.9 Å². The van der Waals surface area contributed by atoms with E-state index < -0.39 is 40.1 Å². The Morgan fingerprint density at radius 1 is 1.05 bits per heavy atom. The maximum Gasteiger partial charge on any atom is 0.416 e. The van der Waals surface area contributed by atoms with Gasteiger partial charge >= 0.3 is 6.18 Å². The predicted molar refractivity (Wildman–Crippen MR) is 141 cm³/mol. The number of aliphatic hydroxyl groups is 1. The van der Waals surface area contributed by atoms with Crippen molar-refractivity contribution in [3.05, 3.63) is 94.9 Å². The number of aryl methyl sites for hydroxylation is 1. The summed E-state index contributed by atoms with van der Waals surface area (Å²) in [4.78, 5) is 17.2. The quantitative estimate of drug-likeness (QED) is 0.303. The zero-order valence-corrected chi connectivity index (χ0v) is 22.2. The fraction of sp³-hybridized carbons (Fsp3) is 0.286. The number of sulfone groups is 1. The lowest BCUT2D eigenvalue weighted by molar-refractivity contribution is -0.137. The lowest BCUT2D eigenvalue weighted by atomic mass is 10.1. The molecule has 39 heavy (non-hydrogen) atoms. The monoisotopic (exact) mass is 559 g/mol. The fourth-order valence-corrected chi connectivity index (χ4v) is 5.24. The van der Waals surface area contributed by atoms with E-state index in [9.17, 15) is 31.5 Å². The smallest absolute Gasteiger partial charge is 0.394 e. The second-order valence-electron chi connectivity index (χ2n) is 9.06. The van der Waals surface area contributed by atoms with E-state index in [0.717, 1.165) is 34.3 Å². The minimum atomic E-state index is -4.39. The number of hydrogen-bond acceptors (Lipinski definition) is 5. The number of aliphatic hydroxyl groups excluding tert-OH is 1. The predicted octanol–water partition coefficient (Wildman–Crippen LogP) is 4.92. The van der Waals surface area contributed by atoms with Crippen molar-refractivity contribution < 1.29 is 31.5 Å². The highest BCUT2D eigenvalue weighted by Crippen LogP contribution is 2.30. The van der Waals surface area contributed by atoms with Crippen molar-refractivity contribution >= 4 is 26.6 Å². The van der Waals surface area contributed by atoms with Gasteiger partial charge in [0.2, 0.25) is 0 Å². The summed E-state index contributed by atoms with van der Waals surface area (Å²) in [5.74, 6) is -0.515. The third-order valence-corrected chi connectivity index (χ3v) is 8.30. The number of pyridine rings is 1. The molecule has 4 rings (SSSR count). The Hall–Kier alpha value is -3.70. The van der Waals surface area contributed by atoms with Crippen LogP contribution >= 0.6 is 0 Å². The van der Waals surface area contributed by atoms with Crippen molar-refractivity contribution in [1.29, 1.82) is 0 Å². The van der Waals surface area contributed by atoms with Crippen molar-refractivity contribution in [2.45, 2.75) is 43.9 Å². The molecule has 0 saturated carbocycles. The Labute approximate surface area is 224 Å². The lowest BCUT2D eigenvalue weighted by Crippen LogP contribution is -2.31. The van der Waals surface area contributed by atoms with Gasteiger partial charge in [-0.2, -0.15) is 13.2 Å². The highest BCUT2D eigenvalue weighted by Gasteiger charge is 2.30. The van der Waals surface area contributed by atoms with Crippen LogP contribution < -0.4 is 5.32 Å². The molecule has 0 saturated heterocycles. The number of nitrogens with zero attached hydrogens (tertiary/aromatic N) is 2. The summed E-state index contributed by atoms with van der Waals surface area (Å²) in [6, 6.07) is 14.2. The number of fused-ring (bicyclic) bond motifs is 1. The summed E-state index contributed by atoms with van der Waals surface area (Å²) in [6.45, 7) is 3.69. The van der Waals surface area contributed by atoms with E-state index in [1.54, 1.807) is 18.2 Å². The van der Waals surface area contributed by atoms with Gasteiger partial charge in [-0.05, 0) is 61.0 Å². The first-order valence-electron chi connectivity index (χ1n) is 12.4. The summed E-state index contributed by atoms with van der Waals surface area (Å²) in [5, 5.41) is 13.4. The van der Waals surface area contributed by atoms with E-state index in [1.165, 1.54) is 37.4 Å². The molecule has 0 unspecified atom stereocenters. The van der Waals surface area contributed by atoms with Crippen LogP contribution in [0, 0.1) is 0 Å². The molecule has 7 nitrogen and oxygen atoms in total. The number of carbonyl (C=O) groups is 1. The highest BCUT2D eigenvalue weighted by atomic mass is 32.2. The van der Waals surface area contributed by atoms with E-state index in [-0.39, 0.29) is 10.6 Å². The number of benzene rings is 2. The normalized spacial score (nSPS) is 13.0. The topological polar surface area (TPSA) is 101 Å². The van der Waals surface area contributed by atoms with Crippen molar-refractivity contribution in [2.24, 2.45) is 0 Å². The average Bonchev–Trinajstić information content (AvgIpc) is 3.27. The van der Waals surface area contributed by atoms with Crippen molar-refractivity contribution in [3.63, 3.8) is 0 Å². The van der Waals surface area contributed by atoms with Crippen molar-refractivity contribution in [3.8, 4) is 0 Å². The van der Waals surface area contributed by atoms with E-state index >= 15 is 0 Å². The standard InChI is InChI=1S/C28H28F3N3O4S/c1-3-34-22(13-18-5-8-21(9-6-18)28(29,30)31)15-20-14-19(7-12-26(20)34)27(36)33-25(17-35)24-11-10-23(16-32-24)39(37,38)4-2/h5-12,14-16,25,35H,3-4,13,17H2,1-2H3,(H,33,36)/t25-/m0/s1. The third kappa shape index (κ3) is 6.15. The Kier molecular flexibility index (Phi) is 8.12. The molecule has 11 heteroatoms. The zero-order valence-electron chi connectivity index (χ0n) is 21.4. The average molecular weight is 560 g/mol. The van der Waals surface area contributed by atoms with E-state index in [2.05, 4.69) is 10.3 Å². The van der Waals surface area contributed by atoms with Gasteiger partial charge in [-0.3, -0.25) is 9.78 Å². The first-order chi connectivity index (χ1) is 18.5. The van der Waals surface area contributed by atoms with Gasteiger partial charge in [0.15, 0.2) is 9.84 Å². The molecule has 206 valence electrons. The van der Waals surface area contributed by atoms with Crippen molar-refractivity contribution in [1.82, 2.24) is 14.9 Å². The zero-order chi connectivity index (χ0) is 28.4. The van der Waals surface area contributed by atoms with E-state index in [4.69, 9.17) is 0 Å². The third-order valence-electron chi connectivity index (χ3n) is 6.58. The molecule has 0 aliphatic heterocycles. The molecule has 2 aromatic heterocycles. The Morgan fingerprint density at radius 3 is 2.33 bits per heavy atom. The minimum Gasteiger partial charge on any atom is -0.394 e. The van der Waals surface area contributed by atoms with Crippen LogP contribution in [0.5, 0.6) is 0 Å². The number of alkyl halides is 3. The largest absolute Gasteiger partial charge is 0.416 e. The highest BCUT2D eigenvalue weighted by molar-refractivity contribution is 7.91. The summed E-state index contributed by atoms with van der Waals surface area (Å²) >= 11 is 0. The second kappa shape index (κ2) is 11.2. The maximum absolute atomic E-state index is 13.0. The molecule has 0 bridgehead atoms. The molecular weight excluding hydrogens is 531 g/mol. The SMILES string of the molecule is CCn1c(Cc2ccc(C(F)(F)F)cc2)cc2cc(C(=O)N[C@@H](CO)c3ccc(S(=O)(=O)CC)cn3)ccc21. The van der Waals surface area contributed by atoms with Crippen molar-refractivity contribution in [2.75, 3.05) is 12.4 Å². The molecule has 2 N–H and O–H groups in total. The number of hydrogen-bond donors (Lipinski definition) is 2. The molecule has 1 amide bonds. The number of halogens is 3. The molecule has 2 aromatic carbocycles. The second-order valence-corrected chi connectivity index (χ2v) is 11.3. The molecule has 4 aromatic rings. The van der Waals surface area contributed by atoms with Gasteiger partial charge in [-0.1, -0.05) is 19.1 Å². The van der Waals surface area contributed by atoms with Gasteiger partial charge in [0.05, 0.1) is 34.6 Å². The molecule has 2 heterocycles. The number of nitrogens with one attached hydrogen (secondary N) is 1. The first-order valence-corrected chi connectivity index (χ1v) is 14.0. The van der Waals surface area contributed by atoms with Gasteiger partial charge in [0, 0.05) is 41.3 Å². The van der Waals surface area contributed by atoms with Crippen LogP contribution in [0.2, 0.25) is 0 Å². The molecule has 0 radical (unpaired) electrons. The van der Waals surface area contributed by atoms with Crippen LogP contribution in [-0.4, -0.2) is 41.3 Å². The fourth-order valence-electron chi connectivity index (χ4n) is 4.41. The van der Waals surface area contributed by atoms with Crippen LogP contribution in [0.15, 0.2) is 71.8 Å². The first kappa shape index (κ1) is 28.3. The Balaban J connectivity index is 1.54. The number of rotatable bonds is 9. The molecule has 0 aliphatic carbocycles.